The van der Waals surface area contributed by atoms with Crippen LogP contribution in [0.3, 0.4) is 0 Å². The highest BCUT2D eigenvalue weighted by atomic mass is 32.2. The van der Waals surface area contributed by atoms with E-state index in [1.165, 1.54) is 16.7 Å². The summed E-state index contributed by atoms with van der Waals surface area (Å²) < 4.78 is 0. The predicted octanol–water partition coefficient (Wildman–Crippen LogP) is 3.96. The van der Waals surface area contributed by atoms with Crippen LogP contribution in [-0.2, 0) is 0 Å². The van der Waals surface area contributed by atoms with Crippen LogP contribution in [0.25, 0.3) is 10.9 Å². The standard InChI is InChI=1S/C14H18N2S/c1-3-10(2)9-17-14-6-7-16-13-8-11(15)4-5-12(13)14/h4-8,10H,3,9,15H2,1-2H3. The zero-order valence-electron chi connectivity index (χ0n) is 10.3. The molecule has 0 bridgehead atoms. The number of hydrogen-bond acceptors (Lipinski definition) is 3. The number of rotatable bonds is 4. The monoisotopic (exact) mass is 246 g/mol. The van der Waals surface area contributed by atoms with Crippen molar-refractivity contribution in [3.05, 3.63) is 30.5 Å². The number of benzene rings is 1. The Labute approximate surface area is 107 Å². The van der Waals surface area contributed by atoms with E-state index in [1.54, 1.807) is 0 Å². The first-order chi connectivity index (χ1) is 8.20. The summed E-state index contributed by atoms with van der Waals surface area (Å²) in [5.41, 5.74) is 7.53. The molecule has 3 heteroatoms. The number of anilines is 1. The molecule has 0 radical (unpaired) electrons. The highest BCUT2D eigenvalue weighted by Gasteiger charge is 2.05. The van der Waals surface area contributed by atoms with Gasteiger partial charge in [0.15, 0.2) is 0 Å². The predicted molar refractivity (Wildman–Crippen MR) is 76.3 cm³/mol. The van der Waals surface area contributed by atoms with Crippen LogP contribution in [0, 0.1) is 5.92 Å². The number of nitrogen functional groups attached to an aromatic ring is 1. The van der Waals surface area contributed by atoms with Gasteiger partial charge in [0.05, 0.1) is 5.52 Å². The van der Waals surface area contributed by atoms with Crippen molar-refractivity contribution >= 4 is 28.4 Å². The van der Waals surface area contributed by atoms with E-state index in [0.717, 1.165) is 22.9 Å². The molecule has 17 heavy (non-hydrogen) atoms. The molecule has 1 atom stereocenters. The fourth-order valence-electron chi connectivity index (χ4n) is 1.61. The van der Waals surface area contributed by atoms with Crippen LogP contribution >= 0.6 is 11.8 Å². The number of pyridine rings is 1. The topological polar surface area (TPSA) is 38.9 Å². The molecule has 2 rings (SSSR count). The molecular weight excluding hydrogens is 228 g/mol. The number of thioether (sulfide) groups is 1. The van der Waals surface area contributed by atoms with Gasteiger partial charge in [0, 0.05) is 27.9 Å². The van der Waals surface area contributed by atoms with Crippen molar-refractivity contribution in [1.82, 2.24) is 4.98 Å². The van der Waals surface area contributed by atoms with Crippen LogP contribution in [0.4, 0.5) is 5.69 Å². The largest absolute Gasteiger partial charge is 0.399 e. The first-order valence-corrected chi connectivity index (χ1v) is 6.96. The summed E-state index contributed by atoms with van der Waals surface area (Å²) in [7, 11) is 0. The Morgan fingerprint density at radius 2 is 2.18 bits per heavy atom. The molecule has 0 saturated carbocycles. The molecule has 1 unspecified atom stereocenters. The van der Waals surface area contributed by atoms with Crippen LogP contribution in [0.2, 0.25) is 0 Å². The Hall–Kier alpha value is -1.22. The third kappa shape index (κ3) is 2.91. The molecular formula is C14H18N2S. The summed E-state index contributed by atoms with van der Waals surface area (Å²) in [6.07, 6.45) is 3.09. The van der Waals surface area contributed by atoms with E-state index in [-0.39, 0.29) is 0 Å². The summed E-state index contributed by atoms with van der Waals surface area (Å²) in [5.74, 6) is 1.90. The second-order valence-corrected chi connectivity index (χ2v) is 5.47. The van der Waals surface area contributed by atoms with E-state index in [0.29, 0.717) is 0 Å². The van der Waals surface area contributed by atoms with Gasteiger partial charge in [0.1, 0.15) is 0 Å². The molecule has 2 N–H and O–H groups in total. The van der Waals surface area contributed by atoms with Gasteiger partial charge >= 0.3 is 0 Å². The Kier molecular flexibility index (Phi) is 3.89. The lowest BCUT2D eigenvalue weighted by molar-refractivity contribution is 0.637. The SMILES string of the molecule is CCC(C)CSc1ccnc2cc(N)ccc12. The first kappa shape index (κ1) is 12.2. The maximum Gasteiger partial charge on any atom is 0.0733 e. The molecule has 2 aromatic rings. The van der Waals surface area contributed by atoms with Crippen LogP contribution in [0.1, 0.15) is 20.3 Å². The summed E-state index contributed by atoms with van der Waals surface area (Å²) in [5, 5.41) is 1.20. The van der Waals surface area contributed by atoms with Gasteiger partial charge in [-0.3, -0.25) is 4.98 Å². The van der Waals surface area contributed by atoms with Gasteiger partial charge in [-0.15, -0.1) is 11.8 Å². The molecule has 0 aliphatic carbocycles. The van der Waals surface area contributed by atoms with E-state index in [1.807, 2.05) is 30.1 Å². The van der Waals surface area contributed by atoms with Crippen molar-refractivity contribution in [1.29, 1.82) is 0 Å². The van der Waals surface area contributed by atoms with Crippen molar-refractivity contribution in [2.24, 2.45) is 5.92 Å². The fraction of sp³-hybridized carbons (Fsp3) is 0.357. The minimum Gasteiger partial charge on any atom is -0.399 e. The maximum atomic E-state index is 5.77. The molecule has 0 aliphatic rings. The number of aromatic nitrogens is 1. The van der Waals surface area contributed by atoms with Crippen LogP contribution in [0.15, 0.2) is 35.4 Å². The molecule has 0 amide bonds. The number of hydrogen-bond donors (Lipinski definition) is 1. The van der Waals surface area contributed by atoms with E-state index in [9.17, 15) is 0 Å². The van der Waals surface area contributed by atoms with Crippen LogP contribution in [0.5, 0.6) is 0 Å². The lowest BCUT2D eigenvalue weighted by Gasteiger charge is -2.09. The van der Waals surface area contributed by atoms with Gasteiger partial charge in [-0.1, -0.05) is 20.3 Å². The number of nitrogens with zero attached hydrogens (tertiary/aromatic N) is 1. The highest BCUT2D eigenvalue weighted by molar-refractivity contribution is 7.99. The molecule has 1 aromatic heterocycles. The van der Waals surface area contributed by atoms with E-state index < -0.39 is 0 Å². The summed E-state index contributed by atoms with van der Waals surface area (Å²) in [6, 6.07) is 8.03. The van der Waals surface area contributed by atoms with E-state index in [4.69, 9.17) is 5.73 Å². The quantitative estimate of drug-likeness (QED) is 0.655. The van der Waals surface area contributed by atoms with Crippen molar-refractivity contribution < 1.29 is 0 Å². The second-order valence-electron chi connectivity index (χ2n) is 4.41. The first-order valence-electron chi connectivity index (χ1n) is 5.97. The van der Waals surface area contributed by atoms with Crippen LogP contribution < -0.4 is 5.73 Å². The zero-order chi connectivity index (χ0) is 12.3. The summed E-state index contributed by atoms with van der Waals surface area (Å²) in [4.78, 5) is 5.66. The average Bonchev–Trinajstić information content (AvgIpc) is 2.35. The zero-order valence-corrected chi connectivity index (χ0v) is 11.1. The van der Waals surface area contributed by atoms with Gasteiger partial charge < -0.3 is 5.73 Å². The van der Waals surface area contributed by atoms with E-state index in [2.05, 4.69) is 31.0 Å². The smallest absolute Gasteiger partial charge is 0.0733 e. The highest BCUT2D eigenvalue weighted by Crippen LogP contribution is 2.29. The Morgan fingerprint density at radius 3 is 2.94 bits per heavy atom. The van der Waals surface area contributed by atoms with Crippen molar-refractivity contribution in [2.75, 3.05) is 11.5 Å². The number of fused-ring (bicyclic) bond motifs is 1. The van der Waals surface area contributed by atoms with Crippen molar-refractivity contribution in [2.45, 2.75) is 25.2 Å². The van der Waals surface area contributed by atoms with Crippen LogP contribution in [-0.4, -0.2) is 10.7 Å². The van der Waals surface area contributed by atoms with Crippen molar-refractivity contribution in [3.8, 4) is 0 Å². The summed E-state index contributed by atoms with van der Waals surface area (Å²) in [6.45, 7) is 4.52. The Bertz CT molecular complexity index is 511. The Balaban J connectivity index is 2.28. The van der Waals surface area contributed by atoms with Gasteiger partial charge in [-0.2, -0.15) is 0 Å². The second kappa shape index (κ2) is 5.41. The number of nitrogens with two attached hydrogens (primary N) is 1. The van der Waals surface area contributed by atoms with Gasteiger partial charge in [-0.05, 0) is 30.2 Å². The molecule has 1 aromatic carbocycles. The molecule has 90 valence electrons. The molecule has 0 aliphatic heterocycles. The minimum absolute atomic E-state index is 0.747. The lowest BCUT2D eigenvalue weighted by Crippen LogP contribution is -1.95. The fourth-order valence-corrected chi connectivity index (χ4v) is 2.80. The summed E-state index contributed by atoms with van der Waals surface area (Å²) >= 11 is 1.91. The van der Waals surface area contributed by atoms with Gasteiger partial charge in [0.2, 0.25) is 0 Å². The minimum atomic E-state index is 0.747. The van der Waals surface area contributed by atoms with Gasteiger partial charge in [-0.25, -0.2) is 0 Å². The van der Waals surface area contributed by atoms with Gasteiger partial charge in [0.25, 0.3) is 0 Å². The Morgan fingerprint density at radius 1 is 1.35 bits per heavy atom. The average molecular weight is 246 g/mol. The molecule has 0 saturated heterocycles. The third-order valence-electron chi connectivity index (χ3n) is 2.95. The molecule has 0 spiro atoms. The molecule has 0 fully saturated rings. The molecule has 2 nitrogen and oxygen atoms in total. The lowest BCUT2D eigenvalue weighted by atomic mass is 10.2. The van der Waals surface area contributed by atoms with Crippen molar-refractivity contribution in [3.63, 3.8) is 0 Å². The van der Waals surface area contributed by atoms with E-state index >= 15 is 0 Å². The normalized spacial score (nSPS) is 12.8. The molecule has 1 heterocycles. The third-order valence-corrected chi connectivity index (χ3v) is 4.35. The maximum absolute atomic E-state index is 5.77.